The lowest BCUT2D eigenvalue weighted by atomic mass is 10.1. The zero-order valence-corrected chi connectivity index (χ0v) is 10.9. The molecule has 1 saturated heterocycles. The topological polar surface area (TPSA) is 49.8 Å². The lowest BCUT2D eigenvalue weighted by Crippen LogP contribution is -2.35. The van der Waals surface area contributed by atoms with Gasteiger partial charge in [0, 0.05) is 24.1 Å². The number of ether oxygens (including phenoxy) is 1. The maximum Gasteiger partial charge on any atom is 0.335 e. The number of nitrogens with zero attached hydrogens (tertiary/aromatic N) is 1. The van der Waals surface area contributed by atoms with Gasteiger partial charge in [-0.15, -0.1) is 0 Å². The molecule has 1 fully saturated rings. The van der Waals surface area contributed by atoms with Gasteiger partial charge in [-0.05, 0) is 23.8 Å². The number of rotatable bonds is 3. The van der Waals surface area contributed by atoms with Gasteiger partial charge in [-0.3, -0.25) is 4.90 Å². The highest BCUT2D eigenvalue weighted by Gasteiger charge is 2.13. The quantitative estimate of drug-likeness (QED) is 0.927. The molecule has 0 saturated carbocycles. The monoisotopic (exact) mass is 299 g/mol. The molecule has 0 aliphatic carbocycles. The first kappa shape index (κ1) is 12.5. The average Bonchev–Trinajstić information content (AvgIpc) is 2.33. The molecule has 92 valence electrons. The number of carboxylic acids is 1. The Balaban J connectivity index is 2.13. The van der Waals surface area contributed by atoms with E-state index in [1.165, 1.54) is 0 Å². The van der Waals surface area contributed by atoms with E-state index in [0.717, 1.165) is 42.9 Å². The molecular weight excluding hydrogens is 286 g/mol. The van der Waals surface area contributed by atoms with Crippen molar-refractivity contribution < 1.29 is 14.6 Å². The smallest absolute Gasteiger partial charge is 0.335 e. The molecule has 1 aromatic rings. The largest absolute Gasteiger partial charge is 0.478 e. The fourth-order valence-electron chi connectivity index (χ4n) is 1.83. The van der Waals surface area contributed by atoms with Crippen molar-refractivity contribution in [1.82, 2.24) is 4.90 Å². The van der Waals surface area contributed by atoms with Crippen LogP contribution < -0.4 is 0 Å². The average molecular weight is 300 g/mol. The van der Waals surface area contributed by atoms with Crippen LogP contribution in [0.5, 0.6) is 0 Å². The number of hydrogen-bond donors (Lipinski definition) is 1. The van der Waals surface area contributed by atoms with E-state index in [9.17, 15) is 4.79 Å². The molecule has 1 heterocycles. The summed E-state index contributed by atoms with van der Waals surface area (Å²) in [6.45, 7) is 4.03. The van der Waals surface area contributed by atoms with Crippen molar-refractivity contribution in [1.29, 1.82) is 0 Å². The molecule has 0 amide bonds. The van der Waals surface area contributed by atoms with Gasteiger partial charge < -0.3 is 9.84 Å². The van der Waals surface area contributed by atoms with Gasteiger partial charge in [0.15, 0.2) is 0 Å². The molecule has 0 atom stereocenters. The van der Waals surface area contributed by atoms with Crippen molar-refractivity contribution in [2.75, 3.05) is 26.3 Å². The Morgan fingerprint density at radius 1 is 1.41 bits per heavy atom. The standard InChI is InChI=1S/C12H14BrNO3/c13-11-2-1-9(12(15)16)7-10(11)8-14-3-5-17-6-4-14/h1-2,7H,3-6,8H2,(H,15,16). The highest BCUT2D eigenvalue weighted by molar-refractivity contribution is 9.10. The maximum absolute atomic E-state index is 10.9. The second kappa shape index (κ2) is 5.62. The zero-order chi connectivity index (χ0) is 12.3. The van der Waals surface area contributed by atoms with Crippen molar-refractivity contribution in [2.45, 2.75) is 6.54 Å². The van der Waals surface area contributed by atoms with Crippen molar-refractivity contribution in [3.05, 3.63) is 33.8 Å². The number of hydrogen-bond acceptors (Lipinski definition) is 3. The van der Waals surface area contributed by atoms with E-state index < -0.39 is 5.97 Å². The fourth-order valence-corrected chi connectivity index (χ4v) is 2.20. The zero-order valence-electron chi connectivity index (χ0n) is 9.36. The van der Waals surface area contributed by atoms with Crippen LogP contribution in [0.4, 0.5) is 0 Å². The number of carboxylic acid groups (broad SMARTS) is 1. The number of carbonyl (C=O) groups is 1. The van der Waals surface area contributed by atoms with Crippen LogP contribution in [0.3, 0.4) is 0 Å². The Hall–Kier alpha value is -0.910. The summed E-state index contributed by atoms with van der Waals surface area (Å²) in [5, 5.41) is 8.96. The predicted octanol–water partition coefficient (Wildman–Crippen LogP) is 1.98. The van der Waals surface area contributed by atoms with Gasteiger partial charge in [0.25, 0.3) is 0 Å². The molecule has 5 heteroatoms. The summed E-state index contributed by atoms with van der Waals surface area (Å²) in [6.07, 6.45) is 0. The first-order chi connectivity index (χ1) is 8.16. The van der Waals surface area contributed by atoms with Crippen LogP contribution in [0.15, 0.2) is 22.7 Å². The Labute approximate surface area is 108 Å². The minimum atomic E-state index is -0.888. The number of halogens is 1. The van der Waals surface area contributed by atoms with Crippen molar-refractivity contribution in [2.24, 2.45) is 0 Å². The lowest BCUT2D eigenvalue weighted by Gasteiger charge is -2.27. The second-order valence-electron chi connectivity index (χ2n) is 4.00. The van der Waals surface area contributed by atoms with Crippen LogP contribution in [0.1, 0.15) is 15.9 Å². The van der Waals surface area contributed by atoms with Crippen LogP contribution in [-0.2, 0) is 11.3 Å². The molecule has 2 rings (SSSR count). The van der Waals surface area contributed by atoms with Crippen molar-refractivity contribution in [3.63, 3.8) is 0 Å². The molecule has 0 bridgehead atoms. The van der Waals surface area contributed by atoms with E-state index in [2.05, 4.69) is 20.8 Å². The van der Waals surface area contributed by atoms with Crippen LogP contribution in [0.2, 0.25) is 0 Å². The van der Waals surface area contributed by atoms with Crippen LogP contribution in [0, 0.1) is 0 Å². The van der Waals surface area contributed by atoms with Gasteiger partial charge >= 0.3 is 5.97 Å². The summed E-state index contributed by atoms with van der Waals surface area (Å²) in [5.41, 5.74) is 1.34. The normalized spacial score (nSPS) is 17.0. The third-order valence-electron chi connectivity index (χ3n) is 2.79. The van der Waals surface area contributed by atoms with Crippen molar-refractivity contribution >= 4 is 21.9 Å². The van der Waals surface area contributed by atoms with Crippen LogP contribution >= 0.6 is 15.9 Å². The number of benzene rings is 1. The summed E-state index contributed by atoms with van der Waals surface area (Å²) in [5.74, 6) is -0.888. The predicted molar refractivity (Wildman–Crippen MR) is 67.2 cm³/mol. The second-order valence-corrected chi connectivity index (χ2v) is 4.85. The van der Waals surface area contributed by atoms with E-state index in [4.69, 9.17) is 9.84 Å². The fraction of sp³-hybridized carbons (Fsp3) is 0.417. The maximum atomic E-state index is 10.9. The Morgan fingerprint density at radius 3 is 2.76 bits per heavy atom. The molecule has 17 heavy (non-hydrogen) atoms. The molecule has 1 aliphatic heterocycles. The third-order valence-corrected chi connectivity index (χ3v) is 3.56. The van der Waals surface area contributed by atoms with Gasteiger partial charge in [-0.25, -0.2) is 4.79 Å². The highest BCUT2D eigenvalue weighted by atomic mass is 79.9. The highest BCUT2D eigenvalue weighted by Crippen LogP contribution is 2.20. The summed E-state index contributed by atoms with van der Waals surface area (Å²) in [6, 6.07) is 5.12. The molecule has 1 aliphatic rings. The molecule has 0 aromatic heterocycles. The first-order valence-corrected chi connectivity index (χ1v) is 6.28. The molecular formula is C12H14BrNO3. The van der Waals surface area contributed by atoms with Crippen LogP contribution in [-0.4, -0.2) is 42.3 Å². The summed E-state index contributed by atoms with van der Waals surface area (Å²) in [7, 11) is 0. The Morgan fingerprint density at radius 2 is 2.12 bits per heavy atom. The third kappa shape index (κ3) is 3.28. The molecule has 0 spiro atoms. The van der Waals surface area contributed by atoms with E-state index >= 15 is 0 Å². The number of aromatic carboxylic acids is 1. The van der Waals surface area contributed by atoms with Crippen LogP contribution in [0.25, 0.3) is 0 Å². The first-order valence-electron chi connectivity index (χ1n) is 5.48. The van der Waals surface area contributed by atoms with E-state index in [-0.39, 0.29) is 0 Å². The van der Waals surface area contributed by atoms with E-state index in [0.29, 0.717) is 5.56 Å². The van der Waals surface area contributed by atoms with Gasteiger partial charge in [0.1, 0.15) is 0 Å². The van der Waals surface area contributed by atoms with Gasteiger partial charge in [0.05, 0.1) is 18.8 Å². The molecule has 0 unspecified atom stereocenters. The summed E-state index contributed by atoms with van der Waals surface area (Å²) < 4.78 is 6.23. The minimum absolute atomic E-state index is 0.330. The van der Waals surface area contributed by atoms with E-state index in [1.807, 2.05) is 0 Å². The Kier molecular flexibility index (Phi) is 4.15. The molecule has 1 aromatic carbocycles. The SMILES string of the molecule is O=C(O)c1ccc(Br)c(CN2CCOCC2)c1. The van der Waals surface area contributed by atoms with Gasteiger partial charge in [-0.1, -0.05) is 15.9 Å². The summed E-state index contributed by atoms with van der Waals surface area (Å²) >= 11 is 3.46. The lowest BCUT2D eigenvalue weighted by molar-refractivity contribution is 0.0340. The molecule has 0 radical (unpaired) electrons. The minimum Gasteiger partial charge on any atom is -0.478 e. The molecule has 1 N–H and O–H groups in total. The number of morpholine rings is 1. The summed E-state index contributed by atoms with van der Waals surface area (Å²) in [4.78, 5) is 13.2. The van der Waals surface area contributed by atoms with Gasteiger partial charge in [-0.2, -0.15) is 0 Å². The Bertz CT molecular complexity index is 416. The van der Waals surface area contributed by atoms with E-state index in [1.54, 1.807) is 18.2 Å². The molecule has 4 nitrogen and oxygen atoms in total. The van der Waals surface area contributed by atoms with Crippen molar-refractivity contribution in [3.8, 4) is 0 Å². The van der Waals surface area contributed by atoms with Gasteiger partial charge in [0.2, 0.25) is 0 Å².